The first-order chi connectivity index (χ1) is 12.3. The molecule has 1 N–H and O–H groups in total. The lowest BCUT2D eigenvalue weighted by molar-refractivity contribution is -0.132. The van der Waals surface area contributed by atoms with Gasteiger partial charge in [0.1, 0.15) is 17.2 Å². The Morgan fingerprint density at radius 2 is 1.42 bits per heavy atom. The van der Waals surface area contributed by atoms with Crippen molar-refractivity contribution in [2.75, 3.05) is 7.11 Å². The van der Waals surface area contributed by atoms with Gasteiger partial charge < -0.3 is 19.3 Å². The van der Waals surface area contributed by atoms with Gasteiger partial charge in [-0.3, -0.25) is 14.4 Å². The molecule has 0 atom stereocenters. The smallest absolute Gasteiger partial charge is 0.308 e. The Morgan fingerprint density at radius 3 is 1.92 bits per heavy atom. The van der Waals surface area contributed by atoms with Crippen molar-refractivity contribution in [2.24, 2.45) is 0 Å². The van der Waals surface area contributed by atoms with Crippen LogP contribution in [0.3, 0.4) is 0 Å². The summed E-state index contributed by atoms with van der Waals surface area (Å²) in [4.78, 5) is 35.7. The van der Waals surface area contributed by atoms with Crippen LogP contribution in [0, 0.1) is 0 Å². The van der Waals surface area contributed by atoms with E-state index >= 15 is 0 Å². The second-order valence-electron chi connectivity index (χ2n) is 5.37. The molecule has 136 valence electrons. The van der Waals surface area contributed by atoms with E-state index in [1.807, 2.05) is 0 Å². The molecule has 0 aliphatic heterocycles. The minimum Gasteiger partial charge on any atom is -0.497 e. The Balaban J connectivity index is 2.54. The highest BCUT2D eigenvalue weighted by molar-refractivity contribution is 6.13. The third-order valence-corrected chi connectivity index (χ3v) is 3.41. The Labute approximate surface area is 150 Å². The molecule has 0 saturated heterocycles. The van der Waals surface area contributed by atoms with E-state index in [9.17, 15) is 19.5 Å². The first-order valence-electron chi connectivity index (χ1n) is 7.69. The molecular weight excluding hydrogens is 340 g/mol. The summed E-state index contributed by atoms with van der Waals surface area (Å²) >= 11 is 0. The van der Waals surface area contributed by atoms with Crippen LogP contribution in [0.4, 0.5) is 0 Å². The second-order valence-corrected chi connectivity index (χ2v) is 5.37. The maximum Gasteiger partial charge on any atom is 0.308 e. The van der Waals surface area contributed by atoms with E-state index in [1.54, 1.807) is 6.07 Å². The molecule has 0 spiro atoms. The highest BCUT2D eigenvalue weighted by Gasteiger charge is 2.21. The number of hydrogen-bond donors (Lipinski definition) is 1. The van der Waals surface area contributed by atoms with E-state index in [0.29, 0.717) is 11.3 Å². The van der Waals surface area contributed by atoms with E-state index in [-0.39, 0.29) is 29.2 Å². The van der Waals surface area contributed by atoms with Crippen molar-refractivity contribution >= 4 is 17.7 Å². The minimum atomic E-state index is -0.607. The van der Waals surface area contributed by atoms with Gasteiger partial charge in [-0.15, -0.1) is 0 Å². The standard InChI is InChI=1S/C19H18O7/c1-11(21)25-17-8-13(10-20)4-6-15(17)19(23)16-7-5-14(24-3)9-18(16)26-12(2)22/h4-9,20H,10H2,1-3H3. The third kappa shape index (κ3) is 4.46. The van der Waals surface area contributed by atoms with Gasteiger partial charge in [0.15, 0.2) is 0 Å². The Kier molecular flexibility index (Phi) is 6.08. The van der Waals surface area contributed by atoms with E-state index in [2.05, 4.69) is 0 Å². The SMILES string of the molecule is COc1ccc(C(=O)c2ccc(CO)cc2OC(C)=O)c(OC(C)=O)c1. The summed E-state index contributed by atoms with van der Waals surface area (Å²) in [5.74, 6) is -1.26. The fourth-order valence-corrected chi connectivity index (χ4v) is 2.29. The van der Waals surface area contributed by atoms with Crippen LogP contribution < -0.4 is 14.2 Å². The van der Waals surface area contributed by atoms with Crippen LogP contribution in [0.25, 0.3) is 0 Å². The van der Waals surface area contributed by atoms with E-state index in [1.165, 1.54) is 51.3 Å². The van der Waals surface area contributed by atoms with Gasteiger partial charge in [-0.1, -0.05) is 6.07 Å². The lowest BCUT2D eigenvalue weighted by Crippen LogP contribution is -2.12. The molecular formula is C19H18O7. The highest BCUT2D eigenvalue weighted by atomic mass is 16.5. The van der Waals surface area contributed by atoms with E-state index in [4.69, 9.17) is 14.2 Å². The molecule has 0 bridgehead atoms. The molecule has 2 aromatic rings. The molecule has 2 aromatic carbocycles. The van der Waals surface area contributed by atoms with Crippen molar-refractivity contribution in [1.82, 2.24) is 0 Å². The summed E-state index contributed by atoms with van der Waals surface area (Å²) in [6.45, 7) is 2.15. The minimum absolute atomic E-state index is 0.0126. The average molecular weight is 358 g/mol. The highest BCUT2D eigenvalue weighted by Crippen LogP contribution is 2.30. The van der Waals surface area contributed by atoms with Gasteiger partial charge >= 0.3 is 11.9 Å². The Morgan fingerprint density at radius 1 is 0.885 bits per heavy atom. The third-order valence-electron chi connectivity index (χ3n) is 3.41. The molecule has 7 nitrogen and oxygen atoms in total. The molecule has 0 unspecified atom stereocenters. The van der Waals surface area contributed by atoms with Crippen LogP contribution in [0.1, 0.15) is 35.3 Å². The number of carbonyl (C=O) groups excluding carboxylic acids is 3. The van der Waals surface area contributed by atoms with Crippen LogP contribution in [0.15, 0.2) is 36.4 Å². The van der Waals surface area contributed by atoms with Crippen molar-refractivity contribution in [2.45, 2.75) is 20.5 Å². The number of aliphatic hydroxyl groups excluding tert-OH is 1. The molecule has 2 rings (SSSR count). The van der Waals surface area contributed by atoms with Gasteiger partial charge in [0, 0.05) is 19.9 Å². The van der Waals surface area contributed by atoms with Gasteiger partial charge in [0.2, 0.25) is 5.78 Å². The quantitative estimate of drug-likeness (QED) is 0.480. The number of carbonyl (C=O) groups is 3. The fourth-order valence-electron chi connectivity index (χ4n) is 2.29. The van der Waals surface area contributed by atoms with Crippen LogP contribution in [0.5, 0.6) is 17.2 Å². The maximum atomic E-state index is 13.0. The largest absolute Gasteiger partial charge is 0.497 e. The number of methoxy groups -OCH3 is 1. The predicted molar refractivity (Wildman–Crippen MR) is 91.4 cm³/mol. The lowest BCUT2D eigenvalue weighted by atomic mass is 10.00. The predicted octanol–water partition coefficient (Wildman–Crippen LogP) is 2.27. The molecule has 0 fully saturated rings. The molecule has 0 heterocycles. The van der Waals surface area contributed by atoms with E-state index in [0.717, 1.165) is 0 Å². The molecule has 0 aromatic heterocycles. The molecule has 0 amide bonds. The topological polar surface area (TPSA) is 99.1 Å². The van der Waals surface area contributed by atoms with E-state index < -0.39 is 17.7 Å². The molecule has 7 heteroatoms. The first kappa shape index (κ1) is 19.1. The summed E-state index contributed by atoms with van der Waals surface area (Å²) < 4.78 is 15.3. The van der Waals surface area contributed by atoms with Crippen LogP contribution in [-0.2, 0) is 16.2 Å². The van der Waals surface area contributed by atoms with Gasteiger partial charge in [0.25, 0.3) is 0 Å². The number of aliphatic hydroxyl groups is 1. The summed E-state index contributed by atoms with van der Waals surface area (Å²) in [6.07, 6.45) is 0. The van der Waals surface area contributed by atoms with Gasteiger partial charge in [-0.2, -0.15) is 0 Å². The fraction of sp³-hybridized carbons (Fsp3) is 0.211. The van der Waals surface area contributed by atoms with Crippen molar-refractivity contribution in [3.63, 3.8) is 0 Å². The molecule has 0 saturated carbocycles. The van der Waals surface area contributed by atoms with Crippen LogP contribution >= 0.6 is 0 Å². The summed E-state index contributed by atoms with van der Waals surface area (Å²) in [7, 11) is 1.45. The second kappa shape index (κ2) is 8.26. The van der Waals surface area contributed by atoms with Gasteiger partial charge in [-0.25, -0.2) is 0 Å². The molecule has 0 aliphatic rings. The molecule has 0 radical (unpaired) electrons. The molecule has 0 aliphatic carbocycles. The Hall–Kier alpha value is -3.19. The molecule has 26 heavy (non-hydrogen) atoms. The number of ketones is 1. The normalized spacial score (nSPS) is 10.2. The zero-order chi connectivity index (χ0) is 19.3. The number of esters is 2. The summed E-state index contributed by atoms with van der Waals surface area (Å²) in [5.41, 5.74) is 0.676. The first-order valence-corrected chi connectivity index (χ1v) is 7.69. The zero-order valence-corrected chi connectivity index (χ0v) is 14.6. The van der Waals surface area contributed by atoms with Crippen LogP contribution in [-0.4, -0.2) is 29.9 Å². The number of rotatable bonds is 6. The van der Waals surface area contributed by atoms with Gasteiger partial charge in [-0.05, 0) is 29.8 Å². The van der Waals surface area contributed by atoms with Crippen LogP contribution in [0.2, 0.25) is 0 Å². The zero-order valence-electron chi connectivity index (χ0n) is 14.6. The summed E-state index contributed by atoms with van der Waals surface area (Å²) in [6, 6.07) is 8.81. The monoisotopic (exact) mass is 358 g/mol. The van der Waals surface area contributed by atoms with Crippen molar-refractivity contribution in [1.29, 1.82) is 0 Å². The average Bonchev–Trinajstić information content (AvgIpc) is 2.60. The van der Waals surface area contributed by atoms with Crippen molar-refractivity contribution < 1.29 is 33.7 Å². The number of benzene rings is 2. The number of ether oxygens (including phenoxy) is 3. The lowest BCUT2D eigenvalue weighted by Gasteiger charge is -2.13. The maximum absolute atomic E-state index is 13.0. The van der Waals surface area contributed by atoms with Crippen molar-refractivity contribution in [3.8, 4) is 17.2 Å². The van der Waals surface area contributed by atoms with Gasteiger partial charge in [0.05, 0.1) is 24.8 Å². The Bertz CT molecular complexity index is 785. The number of hydrogen-bond acceptors (Lipinski definition) is 7. The summed E-state index contributed by atoms with van der Waals surface area (Å²) in [5, 5.41) is 9.25. The van der Waals surface area contributed by atoms with Crippen molar-refractivity contribution in [3.05, 3.63) is 53.1 Å².